The molecule has 1 heteroatoms. The number of rotatable bonds is 4. The van der Waals surface area contributed by atoms with Crippen molar-refractivity contribution in [1.29, 1.82) is 0 Å². The molecule has 13 aromatic carbocycles. The van der Waals surface area contributed by atoms with Gasteiger partial charge in [0.15, 0.2) is 0 Å². The van der Waals surface area contributed by atoms with Crippen LogP contribution >= 0.6 is 0 Å². The standard InChI is InChI=1S/C60H34O/c1-3-9-35(10-4-1)44-23-15-37-21-29-50-46(25-17-39-19-27-48(44)56(37)58(39)50)43-32-53(60-54(33-43)52-31-41-13-7-8-14-42(41)34-55(52)61-60)47-26-18-40-20-28-49-45(36-11-5-2-6-12-36)24-16-38-22-30-51(47)59(40)57(38)49/h1-34H. The smallest absolute Gasteiger partial charge is 0.143 e. The minimum Gasteiger partial charge on any atom is -0.455 e. The third kappa shape index (κ3) is 4.66. The van der Waals surface area contributed by atoms with Crippen LogP contribution in [-0.4, -0.2) is 0 Å². The van der Waals surface area contributed by atoms with Gasteiger partial charge in [0.2, 0.25) is 0 Å². The normalized spacial score (nSPS) is 12.3. The molecule has 0 aliphatic heterocycles. The number of benzene rings is 13. The van der Waals surface area contributed by atoms with Crippen LogP contribution in [0.15, 0.2) is 211 Å². The second-order valence-corrected chi connectivity index (χ2v) is 16.7. The van der Waals surface area contributed by atoms with Gasteiger partial charge < -0.3 is 4.42 Å². The lowest BCUT2D eigenvalue weighted by Crippen LogP contribution is -1.91. The summed E-state index contributed by atoms with van der Waals surface area (Å²) in [6, 6.07) is 76.4. The summed E-state index contributed by atoms with van der Waals surface area (Å²) in [5.41, 5.74) is 11.5. The molecule has 0 bridgehead atoms. The van der Waals surface area contributed by atoms with Gasteiger partial charge in [-0.3, -0.25) is 0 Å². The summed E-state index contributed by atoms with van der Waals surface area (Å²) >= 11 is 0. The van der Waals surface area contributed by atoms with Crippen molar-refractivity contribution in [2.24, 2.45) is 0 Å². The highest BCUT2D eigenvalue weighted by molar-refractivity contribution is 6.30. The van der Waals surface area contributed by atoms with Gasteiger partial charge in [-0.05, 0) is 139 Å². The number of furan rings is 1. The molecule has 280 valence electrons. The highest BCUT2D eigenvalue weighted by Gasteiger charge is 2.22. The number of hydrogen-bond donors (Lipinski definition) is 0. The van der Waals surface area contributed by atoms with Crippen molar-refractivity contribution >= 4 is 97.3 Å². The van der Waals surface area contributed by atoms with E-state index in [1.807, 2.05) is 0 Å². The van der Waals surface area contributed by atoms with Gasteiger partial charge >= 0.3 is 0 Å². The molecule has 14 aromatic rings. The number of hydrogen-bond acceptors (Lipinski definition) is 1. The summed E-state index contributed by atoms with van der Waals surface area (Å²) in [4.78, 5) is 0. The molecule has 0 aliphatic rings. The molecule has 0 unspecified atom stereocenters. The molecule has 0 amide bonds. The van der Waals surface area contributed by atoms with Crippen LogP contribution in [0.5, 0.6) is 0 Å². The van der Waals surface area contributed by atoms with Crippen LogP contribution in [0.1, 0.15) is 0 Å². The lowest BCUT2D eigenvalue weighted by Gasteiger charge is -2.18. The molecule has 1 heterocycles. The van der Waals surface area contributed by atoms with Crippen LogP contribution in [-0.2, 0) is 0 Å². The molecule has 61 heavy (non-hydrogen) atoms. The van der Waals surface area contributed by atoms with E-state index in [2.05, 4.69) is 206 Å². The van der Waals surface area contributed by atoms with Crippen molar-refractivity contribution in [2.75, 3.05) is 0 Å². The fourth-order valence-corrected chi connectivity index (χ4v) is 10.7. The Hall–Kier alpha value is -8.00. The van der Waals surface area contributed by atoms with Crippen LogP contribution in [0.2, 0.25) is 0 Å². The maximum absolute atomic E-state index is 7.04. The van der Waals surface area contributed by atoms with Crippen LogP contribution in [0.3, 0.4) is 0 Å². The molecular formula is C60H34O. The first-order valence-corrected chi connectivity index (χ1v) is 21.2. The Labute approximate surface area is 351 Å². The van der Waals surface area contributed by atoms with E-state index < -0.39 is 0 Å². The first kappa shape index (κ1) is 32.9. The van der Waals surface area contributed by atoms with E-state index in [4.69, 9.17) is 4.42 Å². The van der Waals surface area contributed by atoms with E-state index in [9.17, 15) is 0 Å². The molecular weight excluding hydrogens is 737 g/mol. The highest BCUT2D eigenvalue weighted by atomic mass is 16.3. The third-order valence-corrected chi connectivity index (χ3v) is 13.5. The van der Waals surface area contributed by atoms with Crippen molar-refractivity contribution in [2.45, 2.75) is 0 Å². The minimum absolute atomic E-state index is 0.904. The molecule has 0 aliphatic carbocycles. The molecule has 0 saturated heterocycles. The van der Waals surface area contributed by atoms with E-state index in [-0.39, 0.29) is 0 Å². The Kier molecular flexibility index (Phi) is 6.62. The summed E-state index contributed by atoms with van der Waals surface area (Å²) in [5.74, 6) is 0. The van der Waals surface area contributed by atoms with Crippen molar-refractivity contribution in [3.8, 4) is 44.5 Å². The molecule has 0 saturated carbocycles. The van der Waals surface area contributed by atoms with E-state index in [0.717, 1.165) is 27.5 Å². The second-order valence-electron chi connectivity index (χ2n) is 16.7. The zero-order valence-corrected chi connectivity index (χ0v) is 33.0. The van der Waals surface area contributed by atoms with E-state index in [0.29, 0.717) is 0 Å². The van der Waals surface area contributed by atoms with Gasteiger partial charge in [-0.1, -0.05) is 182 Å². The Bertz CT molecular complexity index is 4080. The zero-order valence-electron chi connectivity index (χ0n) is 33.0. The largest absolute Gasteiger partial charge is 0.455 e. The van der Waals surface area contributed by atoms with Gasteiger partial charge in [0.25, 0.3) is 0 Å². The summed E-state index contributed by atoms with van der Waals surface area (Å²) < 4.78 is 7.04. The van der Waals surface area contributed by atoms with Crippen molar-refractivity contribution in [3.63, 3.8) is 0 Å². The average molecular weight is 771 g/mol. The fraction of sp³-hybridized carbons (Fsp3) is 0. The Morgan fingerprint density at radius 3 is 1.15 bits per heavy atom. The molecule has 1 nitrogen and oxygen atoms in total. The lowest BCUT2D eigenvalue weighted by molar-refractivity contribution is 0.670. The van der Waals surface area contributed by atoms with E-state index >= 15 is 0 Å². The molecule has 0 fully saturated rings. The predicted octanol–water partition coefficient (Wildman–Crippen LogP) is 17.2. The third-order valence-electron chi connectivity index (χ3n) is 13.5. The van der Waals surface area contributed by atoms with Crippen LogP contribution in [0.25, 0.3) is 142 Å². The van der Waals surface area contributed by atoms with Gasteiger partial charge in [0, 0.05) is 16.3 Å². The van der Waals surface area contributed by atoms with Crippen LogP contribution < -0.4 is 0 Å². The first-order valence-electron chi connectivity index (χ1n) is 21.2. The lowest BCUT2D eigenvalue weighted by atomic mass is 9.85. The first-order chi connectivity index (χ1) is 30.2. The van der Waals surface area contributed by atoms with Gasteiger partial charge in [0.1, 0.15) is 11.2 Å². The molecule has 0 N–H and O–H groups in total. The van der Waals surface area contributed by atoms with Crippen molar-refractivity contribution in [1.82, 2.24) is 0 Å². The summed E-state index contributed by atoms with van der Waals surface area (Å²) in [5, 5.41) is 19.9. The molecule has 0 radical (unpaired) electrons. The predicted molar refractivity (Wildman–Crippen MR) is 260 cm³/mol. The molecule has 0 atom stereocenters. The monoisotopic (exact) mass is 770 g/mol. The summed E-state index contributed by atoms with van der Waals surface area (Å²) in [7, 11) is 0. The van der Waals surface area contributed by atoms with Gasteiger partial charge in [-0.25, -0.2) is 0 Å². The zero-order chi connectivity index (χ0) is 39.8. The quantitative estimate of drug-likeness (QED) is 0.162. The minimum atomic E-state index is 0.904. The topological polar surface area (TPSA) is 13.1 Å². The molecule has 14 rings (SSSR count). The molecule has 0 spiro atoms. The second kappa shape index (κ2) is 12.3. The van der Waals surface area contributed by atoms with Gasteiger partial charge in [-0.2, -0.15) is 0 Å². The van der Waals surface area contributed by atoms with Crippen molar-refractivity contribution in [3.05, 3.63) is 206 Å². The van der Waals surface area contributed by atoms with E-state index in [1.165, 1.54) is 114 Å². The Morgan fingerprint density at radius 2 is 0.639 bits per heavy atom. The van der Waals surface area contributed by atoms with E-state index in [1.54, 1.807) is 0 Å². The van der Waals surface area contributed by atoms with Crippen LogP contribution in [0.4, 0.5) is 0 Å². The summed E-state index contributed by atoms with van der Waals surface area (Å²) in [6.45, 7) is 0. The molecule has 1 aromatic heterocycles. The maximum Gasteiger partial charge on any atom is 0.143 e. The van der Waals surface area contributed by atoms with Gasteiger partial charge in [-0.15, -0.1) is 0 Å². The van der Waals surface area contributed by atoms with Crippen molar-refractivity contribution < 1.29 is 4.42 Å². The highest BCUT2D eigenvalue weighted by Crippen LogP contribution is 2.48. The SMILES string of the molecule is c1ccc(-c2ccc3ccc4c(-c5cc(-c6ccc7ccc8c(-c9ccccc9)ccc9ccc6c7c98)c6oc7cc8ccccc8cc7c6c5)ccc5ccc2c3c54)cc1. The Balaban J connectivity index is 1.08. The van der Waals surface area contributed by atoms with Gasteiger partial charge in [0.05, 0.1) is 0 Å². The summed E-state index contributed by atoms with van der Waals surface area (Å²) in [6.07, 6.45) is 0. The fourth-order valence-electron chi connectivity index (χ4n) is 10.7. The van der Waals surface area contributed by atoms with Crippen LogP contribution in [0, 0.1) is 0 Å². The number of fused-ring (bicyclic) bond motifs is 4. The maximum atomic E-state index is 7.04. The average Bonchev–Trinajstić information content (AvgIpc) is 3.69. The Morgan fingerprint density at radius 1 is 0.230 bits per heavy atom.